The van der Waals surface area contributed by atoms with E-state index in [2.05, 4.69) is 11.2 Å². The van der Waals surface area contributed by atoms with E-state index in [1.807, 2.05) is 30.0 Å². The topological polar surface area (TPSA) is 61.9 Å². The molecule has 0 N–H and O–H groups in total. The number of aromatic nitrogens is 2. The maximum atomic E-state index is 12.3. The summed E-state index contributed by atoms with van der Waals surface area (Å²) in [7, 11) is 0. The van der Waals surface area contributed by atoms with Crippen molar-refractivity contribution in [1.82, 2.24) is 14.7 Å². The number of nitrogens with zero attached hydrogens (tertiary/aromatic N) is 4. The summed E-state index contributed by atoms with van der Waals surface area (Å²) in [6.45, 7) is 3.85. The molecule has 0 saturated heterocycles. The second-order valence-corrected chi connectivity index (χ2v) is 4.30. The minimum atomic E-state index is -0.0893. The molecule has 1 aromatic heterocycles. The second-order valence-electron chi connectivity index (χ2n) is 4.30. The molecule has 0 atom stereocenters. The predicted molar refractivity (Wildman–Crippen MR) is 73.5 cm³/mol. The van der Waals surface area contributed by atoms with Gasteiger partial charge in [0.2, 0.25) is 0 Å². The number of benzene rings is 1. The summed E-state index contributed by atoms with van der Waals surface area (Å²) in [5, 5.41) is 14.3. The number of rotatable bonds is 5. The summed E-state index contributed by atoms with van der Waals surface area (Å²) in [5.74, 6) is 0. The molecule has 2 rings (SSSR count). The Labute approximate surface area is 111 Å². The van der Waals surface area contributed by atoms with Crippen LogP contribution in [0.25, 0.3) is 10.8 Å². The number of hydrogen-bond donors (Lipinski definition) is 0. The van der Waals surface area contributed by atoms with E-state index in [9.17, 15) is 4.79 Å². The Bertz CT molecular complexity index is 656. The zero-order valence-electron chi connectivity index (χ0n) is 10.9. The van der Waals surface area contributed by atoms with Crippen molar-refractivity contribution >= 4 is 10.8 Å². The van der Waals surface area contributed by atoms with Crippen LogP contribution in [-0.4, -0.2) is 27.8 Å². The average Bonchev–Trinajstić information content (AvgIpc) is 2.46. The van der Waals surface area contributed by atoms with Crippen molar-refractivity contribution < 1.29 is 0 Å². The molecule has 0 saturated carbocycles. The van der Waals surface area contributed by atoms with Gasteiger partial charge in [-0.1, -0.05) is 25.1 Å². The minimum absolute atomic E-state index is 0.0893. The summed E-state index contributed by atoms with van der Waals surface area (Å²) in [6, 6.07) is 9.53. The van der Waals surface area contributed by atoms with Crippen LogP contribution in [0.15, 0.2) is 35.3 Å². The van der Waals surface area contributed by atoms with Gasteiger partial charge in [-0.3, -0.25) is 9.69 Å². The summed E-state index contributed by atoms with van der Waals surface area (Å²) in [4.78, 5) is 14.3. The quantitative estimate of drug-likeness (QED) is 0.815. The van der Waals surface area contributed by atoms with Gasteiger partial charge in [-0.25, -0.2) is 4.68 Å². The summed E-state index contributed by atoms with van der Waals surface area (Å²) >= 11 is 0. The normalized spacial score (nSPS) is 10.8. The third-order valence-corrected chi connectivity index (χ3v) is 3.08. The highest BCUT2D eigenvalue weighted by atomic mass is 16.1. The molecule has 0 amide bonds. The van der Waals surface area contributed by atoms with Gasteiger partial charge in [0, 0.05) is 18.4 Å². The van der Waals surface area contributed by atoms with Crippen molar-refractivity contribution in [2.45, 2.75) is 20.0 Å². The molecule has 98 valence electrons. The molecule has 2 aromatic rings. The first kappa shape index (κ1) is 13.2. The Balaban J connectivity index is 2.28. The molecular formula is C14H16N4O. The van der Waals surface area contributed by atoms with Gasteiger partial charge < -0.3 is 0 Å². The van der Waals surface area contributed by atoms with E-state index in [4.69, 9.17) is 5.26 Å². The van der Waals surface area contributed by atoms with Gasteiger partial charge in [0.1, 0.15) is 0 Å². The van der Waals surface area contributed by atoms with Crippen LogP contribution in [0, 0.1) is 11.3 Å². The zero-order chi connectivity index (χ0) is 13.7. The van der Waals surface area contributed by atoms with Crippen LogP contribution in [0.1, 0.15) is 13.3 Å². The van der Waals surface area contributed by atoms with E-state index in [-0.39, 0.29) is 5.56 Å². The van der Waals surface area contributed by atoms with Gasteiger partial charge in [0.05, 0.1) is 24.3 Å². The first-order valence-electron chi connectivity index (χ1n) is 6.30. The number of hydrogen-bond acceptors (Lipinski definition) is 4. The lowest BCUT2D eigenvalue weighted by Crippen LogP contribution is -2.34. The van der Waals surface area contributed by atoms with Gasteiger partial charge in [0.15, 0.2) is 0 Å². The molecule has 0 aliphatic carbocycles. The molecule has 0 fully saturated rings. The van der Waals surface area contributed by atoms with E-state index in [1.54, 1.807) is 12.3 Å². The van der Waals surface area contributed by atoms with Gasteiger partial charge in [-0.05, 0) is 12.6 Å². The molecule has 0 radical (unpaired) electrons. The molecule has 5 heteroatoms. The Hall–Kier alpha value is -2.19. The first-order valence-corrected chi connectivity index (χ1v) is 6.30. The van der Waals surface area contributed by atoms with E-state index in [0.717, 1.165) is 11.9 Å². The molecule has 19 heavy (non-hydrogen) atoms. The fourth-order valence-electron chi connectivity index (χ4n) is 1.95. The average molecular weight is 256 g/mol. The van der Waals surface area contributed by atoms with Crippen molar-refractivity contribution in [1.29, 1.82) is 5.26 Å². The Morgan fingerprint density at radius 2 is 2.21 bits per heavy atom. The number of nitriles is 1. The molecule has 0 aliphatic rings. The maximum Gasteiger partial charge on any atom is 0.275 e. The molecule has 1 heterocycles. The molecule has 0 bridgehead atoms. The van der Waals surface area contributed by atoms with Crippen molar-refractivity contribution in [3.05, 3.63) is 40.8 Å². The van der Waals surface area contributed by atoms with Crippen LogP contribution in [0.4, 0.5) is 0 Å². The van der Waals surface area contributed by atoms with Crippen LogP contribution in [0.5, 0.6) is 0 Å². The highest BCUT2D eigenvalue weighted by molar-refractivity contribution is 5.80. The fraction of sp³-hybridized carbons (Fsp3) is 0.357. The Kier molecular flexibility index (Phi) is 4.26. The highest BCUT2D eigenvalue weighted by Crippen LogP contribution is 2.06. The predicted octanol–water partition coefficient (Wildman–Crippen LogP) is 1.59. The summed E-state index contributed by atoms with van der Waals surface area (Å²) < 4.78 is 1.45. The van der Waals surface area contributed by atoms with Crippen LogP contribution >= 0.6 is 0 Å². The van der Waals surface area contributed by atoms with Crippen molar-refractivity contribution in [3.63, 3.8) is 0 Å². The third kappa shape index (κ3) is 2.98. The van der Waals surface area contributed by atoms with Crippen molar-refractivity contribution in [2.24, 2.45) is 0 Å². The summed E-state index contributed by atoms with van der Waals surface area (Å²) in [6.07, 6.45) is 2.16. The summed E-state index contributed by atoms with van der Waals surface area (Å²) in [5.41, 5.74) is -0.0893. The van der Waals surface area contributed by atoms with Gasteiger partial charge in [0.25, 0.3) is 5.56 Å². The maximum absolute atomic E-state index is 12.3. The zero-order valence-corrected chi connectivity index (χ0v) is 10.9. The lowest BCUT2D eigenvalue weighted by Gasteiger charge is -2.19. The smallest absolute Gasteiger partial charge is 0.275 e. The molecule has 5 nitrogen and oxygen atoms in total. The highest BCUT2D eigenvalue weighted by Gasteiger charge is 2.07. The van der Waals surface area contributed by atoms with Crippen LogP contribution in [0.3, 0.4) is 0 Å². The van der Waals surface area contributed by atoms with Gasteiger partial charge in [-0.15, -0.1) is 0 Å². The van der Waals surface area contributed by atoms with Crippen molar-refractivity contribution in [2.75, 3.05) is 13.1 Å². The molecule has 1 aromatic carbocycles. The van der Waals surface area contributed by atoms with Gasteiger partial charge in [-0.2, -0.15) is 10.4 Å². The van der Waals surface area contributed by atoms with Crippen LogP contribution in [0.2, 0.25) is 0 Å². The first-order chi connectivity index (χ1) is 9.26. The third-order valence-electron chi connectivity index (χ3n) is 3.08. The van der Waals surface area contributed by atoms with Crippen LogP contribution < -0.4 is 5.56 Å². The fourth-order valence-corrected chi connectivity index (χ4v) is 1.95. The standard InChI is InChI=1S/C14H16N4O/c1-2-17(9-5-8-15)11-18-14(19)13-7-4-3-6-12(13)10-16-18/h3-4,6-7,10H,2,5,9,11H2,1H3. The molecule has 0 spiro atoms. The molecular weight excluding hydrogens is 240 g/mol. The monoisotopic (exact) mass is 256 g/mol. The van der Waals surface area contributed by atoms with Crippen LogP contribution in [-0.2, 0) is 6.67 Å². The largest absolute Gasteiger partial charge is 0.284 e. The number of fused-ring (bicyclic) bond motifs is 1. The lowest BCUT2D eigenvalue weighted by molar-refractivity contribution is 0.218. The van der Waals surface area contributed by atoms with E-state index >= 15 is 0 Å². The SMILES string of the molecule is CCN(CCC#N)Cn1ncc2ccccc2c1=O. The van der Waals surface area contributed by atoms with Gasteiger partial charge >= 0.3 is 0 Å². The molecule has 0 unspecified atom stereocenters. The molecule has 0 aliphatic heterocycles. The van der Waals surface area contributed by atoms with E-state index in [1.165, 1.54) is 4.68 Å². The van der Waals surface area contributed by atoms with E-state index in [0.29, 0.717) is 25.0 Å². The van der Waals surface area contributed by atoms with E-state index < -0.39 is 0 Å². The second kappa shape index (κ2) is 6.12. The Morgan fingerprint density at radius 1 is 1.42 bits per heavy atom. The van der Waals surface area contributed by atoms with Crippen molar-refractivity contribution in [3.8, 4) is 6.07 Å². The lowest BCUT2D eigenvalue weighted by atomic mass is 10.2. The minimum Gasteiger partial charge on any atom is -0.284 e. The Morgan fingerprint density at radius 3 is 2.95 bits per heavy atom.